The molecule has 7 heteroatoms. The Morgan fingerprint density at radius 2 is 1.83 bits per heavy atom. The first-order valence-electron chi connectivity index (χ1n) is 10.1. The van der Waals surface area contributed by atoms with E-state index < -0.39 is 0 Å². The molecule has 2 aromatic rings. The molecule has 1 aliphatic rings. The first-order chi connectivity index (χ1) is 14.0. The van der Waals surface area contributed by atoms with Crippen molar-refractivity contribution in [3.05, 3.63) is 52.4 Å². The smallest absolute Gasteiger partial charge is 0.291 e. The van der Waals surface area contributed by atoms with E-state index in [1.165, 1.54) is 32.4 Å². The van der Waals surface area contributed by atoms with Gasteiger partial charge in [-0.15, -0.1) is 0 Å². The van der Waals surface area contributed by atoms with E-state index >= 15 is 0 Å². The van der Waals surface area contributed by atoms with E-state index in [0.29, 0.717) is 29.2 Å². The van der Waals surface area contributed by atoms with Crippen LogP contribution in [-0.2, 0) is 11.2 Å². The van der Waals surface area contributed by atoms with Crippen LogP contribution in [0, 0.1) is 5.92 Å². The summed E-state index contributed by atoms with van der Waals surface area (Å²) in [4.78, 5) is 26.8. The Hall–Kier alpha value is -2.12. The molecule has 1 unspecified atom stereocenters. The first kappa shape index (κ1) is 21.6. The van der Waals surface area contributed by atoms with Crippen LogP contribution in [0.4, 0.5) is 5.69 Å². The summed E-state index contributed by atoms with van der Waals surface area (Å²) in [6, 6.07) is 10.6. The lowest BCUT2D eigenvalue weighted by molar-refractivity contribution is -0.120. The Kier molecular flexibility index (Phi) is 7.89. The number of piperidine rings is 1. The van der Waals surface area contributed by atoms with E-state index in [9.17, 15) is 9.59 Å². The van der Waals surface area contributed by atoms with Gasteiger partial charge >= 0.3 is 0 Å². The second kappa shape index (κ2) is 10.6. The second-order valence-electron chi connectivity index (χ2n) is 7.70. The molecule has 1 aromatic heterocycles. The highest BCUT2D eigenvalue weighted by atomic mass is 79.9. The molecule has 0 spiro atoms. The highest BCUT2D eigenvalue weighted by Crippen LogP contribution is 2.17. The van der Waals surface area contributed by atoms with Crippen LogP contribution in [-0.4, -0.2) is 42.9 Å². The van der Waals surface area contributed by atoms with Crippen molar-refractivity contribution >= 4 is 33.4 Å². The van der Waals surface area contributed by atoms with E-state index in [0.717, 1.165) is 12.1 Å². The molecule has 3 rings (SSSR count). The minimum Gasteiger partial charge on any atom is -0.444 e. The van der Waals surface area contributed by atoms with Crippen molar-refractivity contribution in [3.8, 4) is 0 Å². The van der Waals surface area contributed by atoms with Gasteiger partial charge < -0.3 is 20.0 Å². The molecule has 6 nitrogen and oxygen atoms in total. The normalized spacial score (nSPS) is 15.7. The number of carbonyl (C=O) groups is 2. The number of furan rings is 1. The SMILES string of the molecule is CC(CNC(=O)Cc1ccc(NC(=O)c2ccc(Br)o2)cc1)CN1CCCCC1. The van der Waals surface area contributed by atoms with Crippen molar-refractivity contribution < 1.29 is 14.0 Å². The number of anilines is 1. The number of hydrogen-bond donors (Lipinski definition) is 2. The summed E-state index contributed by atoms with van der Waals surface area (Å²) in [5.41, 5.74) is 1.56. The molecule has 1 atom stereocenters. The number of carbonyl (C=O) groups excluding carboxylic acids is 2. The maximum atomic E-state index is 12.2. The first-order valence-corrected chi connectivity index (χ1v) is 10.9. The fraction of sp³-hybridized carbons (Fsp3) is 0.455. The molecule has 0 bridgehead atoms. The number of nitrogens with zero attached hydrogens (tertiary/aromatic N) is 1. The summed E-state index contributed by atoms with van der Waals surface area (Å²) in [6.07, 6.45) is 4.24. The third kappa shape index (κ3) is 7.01. The van der Waals surface area contributed by atoms with Gasteiger partial charge in [-0.2, -0.15) is 0 Å². The zero-order valence-corrected chi connectivity index (χ0v) is 18.3. The monoisotopic (exact) mass is 461 g/mol. The van der Waals surface area contributed by atoms with Gasteiger partial charge in [-0.05, 0) is 77.6 Å². The van der Waals surface area contributed by atoms with Crippen molar-refractivity contribution in [3.63, 3.8) is 0 Å². The average Bonchev–Trinajstić information content (AvgIpc) is 3.15. The molecule has 2 amide bonds. The lowest BCUT2D eigenvalue weighted by Crippen LogP contribution is -2.38. The Morgan fingerprint density at radius 3 is 2.48 bits per heavy atom. The summed E-state index contributed by atoms with van der Waals surface area (Å²) in [5, 5.41) is 5.81. The fourth-order valence-electron chi connectivity index (χ4n) is 3.52. The van der Waals surface area contributed by atoms with E-state index in [2.05, 4.69) is 38.4 Å². The predicted molar refractivity (Wildman–Crippen MR) is 117 cm³/mol. The minimum absolute atomic E-state index is 0.0210. The van der Waals surface area contributed by atoms with Crippen molar-refractivity contribution in [2.24, 2.45) is 5.92 Å². The largest absolute Gasteiger partial charge is 0.444 e. The summed E-state index contributed by atoms with van der Waals surface area (Å²) in [5.74, 6) is 0.381. The molecular weight excluding hydrogens is 434 g/mol. The summed E-state index contributed by atoms with van der Waals surface area (Å²) in [7, 11) is 0. The Morgan fingerprint density at radius 1 is 1.10 bits per heavy atom. The molecule has 156 valence electrons. The highest BCUT2D eigenvalue weighted by Gasteiger charge is 2.14. The number of amides is 2. The number of halogens is 1. The molecule has 2 N–H and O–H groups in total. The maximum Gasteiger partial charge on any atom is 0.291 e. The third-order valence-corrected chi connectivity index (χ3v) is 5.47. The van der Waals surface area contributed by atoms with Crippen molar-refractivity contribution in [1.82, 2.24) is 10.2 Å². The minimum atomic E-state index is -0.316. The molecule has 0 saturated carbocycles. The van der Waals surface area contributed by atoms with Gasteiger partial charge in [0.15, 0.2) is 10.4 Å². The zero-order valence-electron chi connectivity index (χ0n) is 16.7. The molecule has 2 heterocycles. The molecule has 1 fully saturated rings. The number of rotatable bonds is 8. The third-order valence-electron chi connectivity index (χ3n) is 5.04. The van der Waals surface area contributed by atoms with Crippen LogP contribution in [0.1, 0.15) is 42.3 Å². The number of benzene rings is 1. The molecule has 29 heavy (non-hydrogen) atoms. The molecule has 0 radical (unpaired) electrons. The van der Waals surface area contributed by atoms with Crippen LogP contribution >= 0.6 is 15.9 Å². The zero-order chi connectivity index (χ0) is 20.6. The van der Waals surface area contributed by atoms with E-state index in [-0.39, 0.29) is 17.6 Å². The molecule has 1 saturated heterocycles. The number of likely N-dealkylation sites (tertiary alicyclic amines) is 1. The van der Waals surface area contributed by atoms with Crippen LogP contribution in [0.3, 0.4) is 0 Å². The fourth-order valence-corrected chi connectivity index (χ4v) is 3.82. The molecular formula is C22H28BrN3O3. The lowest BCUT2D eigenvalue weighted by atomic mass is 10.1. The van der Waals surface area contributed by atoms with Gasteiger partial charge in [0.25, 0.3) is 5.91 Å². The van der Waals surface area contributed by atoms with Gasteiger partial charge in [0.05, 0.1) is 6.42 Å². The Balaban J connectivity index is 1.40. The standard InChI is InChI=1S/C22H28BrN3O3/c1-16(15-26-11-3-2-4-12-26)14-24-21(27)13-17-5-7-18(8-6-17)25-22(28)19-9-10-20(23)29-19/h5-10,16H,2-4,11-15H2,1H3,(H,24,27)(H,25,28). The molecule has 1 aliphatic heterocycles. The van der Waals surface area contributed by atoms with Crippen LogP contribution < -0.4 is 10.6 Å². The summed E-state index contributed by atoms with van der Waals surface area (Å²) >= 11 is 3.18. The predicted octanol–water partition coefficient (Wildman–Crippen LogP) is 4.08. The van der Waals surface area contributed by atoms with Gasteiger partial charge in [0.2, 0.25) is 5.91 Å². The quantitative estimate of drug-likeness (QED) is 0.620. The lowest BCUT2D eigenvalue weighted by Gasteiger charge is -2.29. The van der Waals surface area contributed by atoms with Crippen LogP contribution in [0.15, 0.2) is 45.5 Å². The van der Waals surface area contributed by atoms with E-state index in [1.54, 1.807) is 24.3 Å². The number of hydrogen-bond acceptors (Lipinski definition) is 4. The Labute approximate surface area is 180 Å². The number of nitrogens with one attached hydrogen (secondary N) is 2. The van der Waals surface area contributed by atoms with Gasteiger partial charge in [0.1, 0.15) is 0 Å². The van der Waals surface area contributed by atoms with Gasteiger partial charge in [-0.3, -0.25) is 9.59 Å². The van der Waals surface area contributed by atoms with Crippen LogP contribution in [0.25, 0.3) is 0 Å². The van der Waals surface area contributed by atoms with E-state index in [4.69, 9.17) is 4.42 Å². The van der Waals surface area contributed by atoms with Crippen molar-refractivity contribution in [2.75, 3.05) is 31.5 Å². The molecule has 0 aliphatic carbocycles. The van der Waals surface area contributed by atoms with Crippen molar-refractivity contribution in [2.45, 2.75) is 32.6 Å². The van der Waals surface area contributed by atoms with Crippen LogP contribution in [0.5, 0.6) is 0 Å². The topological polar surface area (TPSA) is 74.6 Å². The van der Waals surface area contributed by atoms with Crippen LogP contribution in [0.2, 0.25) is 0 Å². The van der Waals surface area contributed by atoms with Crippen molar-refractivity contribution in [1.29, 1.82) is 0 Å². The van der Waals surface area contributed by atoms with Gasteiger partial charge in [-0.25, -0.2) is 0 Å². The Bertz CT molecular complexity index is 813. The maximum absolute atomic E-state index is 12.2. The average molecular weight is 462 g/mol. The van der Waals surface area contributed by atoms with Gasteiger partial charge in [0, 0.05) is 18.8 Å². The van der Waals surface area contributed by atoms with E-state index in [1.807, 2.05) is 12.1 Å². The molecule has 1 aromatic carbocycles. The summed E-state index contributed by atoms with van der Waals surface area (Å²) in [6.45, 7) is 6.28. The second-order valence-corrected chi connectivity index (χ2v) is 8.48. The summed E-state index contributed by atoms with van der Waals surface area (Å²) < 4.78 is 5.75. The highest BCUT2D eigenvalue weighted by molar-refractivity contribution is 9.10. The van der Waals surface area contributed by atoms with Gasteiger partial charge in [-0.1, -0.05) is 25.5 Å².